The van der Waals surface area contributed by atoms with Gasteiger partial charge >= 0.3 is 0 Å². The first-order valence-electron chi connectivity index (χ1n) is 11.8. The summed E-state index contributed by atoms with van der Waals surface area (Å²) >= 11 is 0. The van der Waals surface area contributed by atoms with E-state index in [4.69, 9.17) is 0 Å². The van der Waals surface area contributed by atoms with E-state index in [0.29, 0.717) is 0 Å². The molecule has 6 rings (SSSR count). The van der Waals surface area contributed by atoms with Crippen LogP contribution in [0.25, 0.3) is 0 Å². The molecule has 0 radical (unpaired) electrons. The highest BCUT2D eigenvalue weighted by Gasteiger charge is 2.51. The van der Waals surface area contributed by atoms with Gasteiger partial charge in [-0.05, 0) is 155 Å². The maximum atomic E-state index is 2.52. The molecular weight excluding hydrogens is 367 g/mol. The molecule has 0 saturated heterocycles. The largest absolute Gasteiger partial charge is 0.0584 e. The Morgan fingerprint density at radius 1 is 0.552 bits per heavy atom. The van der Waals surface area contributed by atoms with Crippen LogP contribution in [0, 0.1) is 65.2 Å². The molecule has 0 aromatic heterocycles. The quantitative estimate of drug-likeness (QED) is 0.494. The molecule has 0 nitrogen and oxygen atoms in total. The van der Waals surface area contributed by atoms with E-state index in [1.54, 1.807) is 28.2 Å². The second-order valence-electron chi connectivity index (χ2n) is 10.6. The van der Waals surface area contributed by atoms with Crippen molar-refractivity contribution in [3.63, 3.8) is 0 Å². The standard InChI is InChI=1S/C28H37P/c1-16-7-9-26(20(5)18(16)3)29(27-10-8-17(2)19(4)21(27)6)28-24-12-22-11-23(14-24)15-25(28)13-22/h7-10,22-25,28H,11-15H2,1-6H3. The van der Waals surface area contributed by atoms with E-state index in [0.717, 1.165) is 29.3 Å². The molecule has 1 heteroatoms. The molecule has 29 heavy (non-hydrogen) atoms. The van der Waals surface area contributed by atoms with Crippen molar-refractivity contribution < 1.29 is 0 Å². The molecule has 0 N–H and O–H groups in total. The summed E-state index contributed by atoms with van der Waals surface area (Å²) in [4.78, 5) is 0. The molecule has 0 unspecified atom stereocenters. The van der Waals surface area contributed by atoms with Crippen molar-refractivity contribution in [3.05, 3.63) is 57.6 Å². The van der Waals surface area contributed by atoms with Crippen molar-refractivity contribution in [1.82, 2.24) is 0 Å². The monoisotopic (exact) mass is 404 g/mol. The molecule has 0 spiro atoms. The zero-order valence-electron chi connectivity index (χ0n) is 19.2. The summed E-state index contributed by atoms with van der Waals surface area (Å²) in [5.41, 5.74) is 9.97. The molecule has 154 valence electrons. The lowest BCUT2D eigenvalue weighted by Gasteiger charge is -2.57. The van der Waals surface area contributed by atoms with Gasteiger partial charge in [0.05, 0.1) is 0 Å². The maximum absolute atomic E-state index is 2.52. The smallest absolute Gasteiger partial charge is 0.00715 e. The Balaban J connectivity index is 1.69. The summed E-state index contributed by atoms with van der Waals surface area (Å²) in [6.07, 6.45) is 7.62. The normalized spacial score (nSPS) is 30.4. The molecule has 0 amide bonds. The van der Waals surface area contributed by atoms with Gasteiger partial charge in [0.15, 0.2) is 0 Å². The fraction of sp³-hybridized carbons (Fsp3) is 0.571. The minimum Gasteiger partial charge on any atom is -0.0584 e. The molecule has 2 aromatic carbocycles. The molecule has 4 saturated carbocycles. The molecule has 0 heterocycles. The van der Waals surface area contributed by atoms with Crippen LogP contribution in [0.2, 0.25) is 0 Å². The van der Waals surface area contributed by atoms with E-state index in [1.807, 2.05) is 0 Å². The fourth-order valence-corrected chi connectivity index (χ4v) is 10.9. The third-order valence-electron chi connectivity index (χ3n) is 9.05. The number of hydrogen-bond acceptors (Lipinski definition) is 0. The van der Waals surface area contributed by atoms with E-state index in [2.05, 4.69) is 65.8 Å². The Morgan fingerprint density at radius 2 is 0.966 bits per heavy atom. The van der Waals surface area contributed by atoms with Crippen molar-refractivity contribution in [2.24, 2.45) is 23.7 Å². The van der Waals surface area contributed by atoms with Gasteiger partial charge in [-0.3, -0.25) is 0 Å². The van der Waals surface area contributed by atoms with Crippen molar-refractivity contribution in [1.29, 1.82) is 0 Å². The Hall–Kier alpha value is -1.13. The van der Waals surface area contributed by atoms with Crippen LogP contribution in [-0.2, 0) is 0 Å². The minimum atomic E-state index is -0.300. The molecule has 0 aliphatic heterocycles. The van der Waals surface area contributed by atoms with Gasteiger partial charge in [-0.15, -0.1) is 0 Å². The number of hydrogen-bond donors (Lipinski definition) is 0. The van der Waals surface area contributed by atoms with Gasteiger partial charge in [0, 0.05) is 0 Å². The maximum Gasteiger partial charge on any atom is -0.00715 e. The SMILES string of the molecule is Cc1ccc(P(c2ccc(C)c(C)c2C)C2C3CC4CC(C3)CC2C4)c(C)c1C. The topological polar surface area (TPSA) is 0 Å². The Bertz CT molecular complexity index is 868. The van der Waals surface area contributed by atoms with Gasteiger partial charge in [0.2, 0.25) is 0 Å². The average Bonchev–Trinajstić information content (AvgIpc) is 2.68. The lowest BCUT2D eigenvalue weighted by atomic mass is 9.56. The van der Waals surface area contributed by atoms with Crippen LogP contribution >= 0.6 is 7.92 Å². The van der Waals surface area contributed by atoms with Crippen LogP contribution in [0.3, 0.4) is 0 Å². The predicted molar refractivity (Wildman–Crippen MR) is 128 cm³/mol. The predicted octanol–water partition coefficient (Wildman–Crippen LogP) is 6.79. The first-order chi connectivity index (χ1) is 13.8. The lowest BCUT2D eigenvalue weighted by Crippen LogP contribution is -2.49. The van der Waals surface area contributed by atoms with Gasteiger partial charge in [0.25, 0.3) is 0 Å². The Kier molecular flexibility index (Phi) is 4.94. The molecule has 4 fully saturated rings. The first kappa shape index (κ1) is 19.8. The van der Waals surface area contributed by atoms with Gasteiger partial charge in [0.1, 0.15) is 0 Å². The summed E-state index contributed by atoms with van der Waals surface area (Å²) in [5, 5.41) is 3.37. The van der Waals surface area contributed by atoms with E-state index < -0.39 is 0 Å². The third-order valence-corrected chi connectivity index (χ3v) is 12.5. The van der Waals surface area contributed by atoms with Crippen LogP contribution in [0.1, 0.15) is 65.5 Å². The van der Waals surface area contributed by atoms with E-state index >= 15 is 0 Å². The van der Waals surface area contributed by atoms with Gasteiger partial charge < -0.3 is 0 Å². The lowest BCUT2D eigenvalue weighted by molar-refractivity contribution is 0.0254. The first-order valence-corrected chi connectivity index (χ1v) is 13.2. The van der Waals surface area contributed by atoms with Crippen LogP contribution < -0.4 is 10.6 Å². The number of aryl methyl sites for hydroxylation is 2. The van der Waals surface area contributed by atoms with Gasteiger partial charge in [-0.25, -0.2) is 0 Å². The summed E-state index contributed by atoms with van der Waals surface area (Å²) in [6, 6.07) is 9.84. The van der Waals surface area contributed by atoms with Crippen LogP contribution in [-0.4, -0.2) is 5.66 Å². The average molecular weight is 405 g/mol. The Labute approximate surface area is 179 Å². The highest BCUT2D eigenvalue weighted by atomic mass is 31.1. The number of benzene rings is 2. The summed E-state index contributed by atoms with van der Waals surface area (Å²) in [7, 11) is -0.300. The van der Waals surface area contributed by atoms with Gasteiger partial charge in [-0.1, -0.05) is 24.3 Å². The van der Waals surface area contributed by atoms with Gasteiger partial charge in [-0.2, -0.15) is 0 Å². The van der Waals surface area contributed by atoms with Crippen LogP contribution in [0.15, 0.2) is 24.3 Å². The van der Waals surface area contributed by atoms with E-state index in [1.165, 1.54) is 47.9 Å². The van der Waals surface area contributed by atoms with Crippen molar-refractivity contribution in [2.75, 3.05) is 0 Å². The summed E-state index contributed by atoms with van der Waals surface area (Å²) < 4.78 is 0. The second kappa shape index (κ2) is 7.23. The molecule has 4 bridgehead atoms. The zero-order chi connectivity index (χ0) is 20.4. The minimum absolute atomic E-state index is 0.300. The highest BCUT2D eigenvalue weighted by Crippen LogP contribution is 2.63. The molecule has 4 aliphatic rings. The fourth-order valence-electron chi connectivity index (χ4n) is 7.17. The van der Waals surface area contributed by atoms with E-state index in [9.17, 15) is 0 Å². The third kappa shape index (κ3) is 3.13. The highest BCUT2D eigenvalue weighted by molar-refractivity contribution is 7.73. The molecule has 4 aliphatic carbocycles. The van der Waals surface area contributed by atoms with Crippen LogP contribution in [0.5, 0.6) is 0 Å². The number of rotatable bonds is 3. The van der Waals surface area contributed by atoms with Crippen molar-refractivity contribution >= 4 is 18.5 Å². The second-order valence-corrected chi connectivity index (χ2v) is 12.9. The van der Waals surface area contributed by atoms with Crippen molar-refractivity contribution in [2.45, 2.75) is 79.3 Å². The van der Waals surface area contributed by atoms with E-state index in [-0.39, 0.29) is 7.92 Å². The zero-order valence-corrected chi connectivity index (χ0v) is 20.1. The van der Waals surface area contributed by atoms with Crippen molar-refractivity contribution in [3.8, 4) is 0 Å². The summed E-state index contributed by atoms with van der Waals surface area (Å²) in [5.74, 6) is 4.04. The molecule has 0 atom stereocenters. The summed E-state index contributed by atoms with van der Waals surface area (Å²) in [6.45, 7) is 14.0. The molecule has 2 aromatic rings. The Morgan fingerprint density at radius 3 is 1.38 bits per heavy atom. The molecular formula is C28H37P. The van der Waals surface area contributed by atoms with Crippen LogP contribution in [0.4, 0.5) is 0 Å².